The molecule has 0 spiro atoms. The number of furan rings is 2. The average Bonchev–Trinajstić information content (AvgIpc) is 3.34. The molecule has 0 unspecified atom stereocenters. The van der Waals surface area contributed by atoms with Crippen molar-refractivity contribution in [3.05, 3.63) is 75.0 Å². The molecule has 0 amide bonds. The lowest BCUT2D eigenvalue weighted by molar-refractivity contribution is 0.0556. The Balaban J connectivity index is 0.000000245. The molecule has 0 radical (unpaired) electrons. The number of nitrogens with one attached hydrogen (secondary N) is 1. The lowest BCUT2D eigenvalue weighted by Crippen LogP contribution is -2.00. The summed E-state index contributed by atoms with van der Waals surface area (Å²) in [6.07, 6.45) is 0. The molecule has 9 heteroatoms. The second kappa shape index (κ2) is 11.6. The van der Waals surface area contributed by atoms with E-state index < -0.39 is 11.9 Å². The van der Waals surface area contributed by atoms with E-state index in [1.54, 1.807) is 19.1 Å². The van der Waals surface area contributed by atoms with Crippen molar-refractivity contribution in [3.8, 4) is 0 Å². The van der Waals surface area contributed by atoms with Crippen molar-refractivity contribution in [2.45, 2.75) is 26.3 Å². The van der Waals surface area contributed by atoms with Gasteiger partial charge in [0.1, 0.15) is 11.5 Å². The van der Waals surface area contributed by atoms with Gasteiger partial charge in [-0.1, -0.05) is 15.9 Å². The topological polar surface area (TPSA) is 90.9 Å². The summed E-state index contributed by atoms with van der Waals surface area (Å²) in [6.45, 7) is 4.17. The molecule has 3 aromatic rings. The van der Waals surface area contributed by atoms with Gasteiger partial charge in [-0.15, -0.1) is 11.6 Å². The second-order valence-corrected chi connectivity index (χ2v) is 7.54. The highest BCUT2D eigenvalue weighted by Gasteiger charge is 2.15. The third kappa shape index (κ3) is 6.90. The van der Waals surface area contributed by atoms with Crippen LogP contribution in [0.1, 0.15) is 43.8 Å². The predicted molar refractivity (Wildman–Crippen MR) is 121 cm³/mol. The van der Waals surface area contributed by atoms with Gasteiger partial charge < -0.3 is 23.6 Å². The number of carbonyl (C=O) groups is 2. The van der Waals surface area contributed by atoms with Crippen LogP contribution in [-0.4, -0.2) is 26.2 Å². The van der Waals surface area contributed by atoms with Crippen LogP contribution in [0, 0.1) is 13.8 Å². The molecule has 0 aliphatic rings. The number of hydrogen-bond donors (Lipinski definition) is 1. The number of ether oxygens (including phenoxy) is 2. The monoisotopic (exact) mass is 511 g/mol. The minimum Gasteiger partial charge on any atom is -0.463 e. The number of benzene rings is 1. The Kier molecular flexibility index (Phi) is 9.21. The van der Waals surface area contributed by atoms with E-state index in [2.05, 4.69) is 30.7 Å². The zero-order chi connectivity index (χ0) is 23.0. The fourth-order valence-electron chi connectivity index (χ4n) is 2.52. The highest BCUT2D eigenvalue weighted by atomic mass is 79.9. The first-order valence-corrected chi connectivity index (χ1v) is 10.5. The molecule has 2 heterocycles. The molecule has 2 aromatic heterocycles. The number of alkyl halides is 1. The van der Waals surface area contributed by atoms with E-state index in [1.165, 1.54) is 14.2 Å². The molecule has 1 N–H and O–H groups in total. The number of methoxy groups -OCH3 is 2. The SMILES string of the molecule is COC(=O)c1cc(CCl)c(C)o1.COC(=O)c1cc(CNc2ccc(Br)cc2)c(C)o1. The van der Waals surface area contributed by atoms with Gasteiger partial charge in [0.05, 0.1) is 20.1 Å². The van der Waals surface area contributed by atoms with Crippen molar-refractivity contribution in [1.82, 2.24) is 0 Å². The van der Waals surface area contributed by atoms with Crippen LogP contribution in [0.3, 0.4) is 0 Å². The van der Waals surface area contributed by atoms with Crippen molar-refractivity contribution < 1.29 is 27.9 Å². The van der Waals surface area contributed by atoms with E-state index in [9.17, 15) is 9.59 Å². The zero-order valence-corrected chi connectivity index (χ0v) is 19.9. The van der Waals surface area contributed by atoms with Crippen LogP contribution in [0.25, 0.3) is 0 Å². The summed E-state index contributed by atoms with van der Waals surface area (Å²) in [5.74, 6) is 1.20. The third-order valence-electron chi connectivity index (χ3n) is 4.29. The highest BCUT2D eigenvalue weighted by Crippen LogP contribution is 2.19. The molecule has 1 aromatic carbocycles. The Morgan fingerprint density at radius 1 is 0.935 bits per heavy atom. The first-order chi connectivity index (χ1) is 14.8. The number of halogens is 2. The Morgan fingerprint density at radius 2 is 1.42 bits per heavy atom. The number of rotatable bonds is 6. The van der Waals surface area contributed by atoms with Crippen LogP contribution in [0.15, 0.2) is 49.7 Å². The number of carbonyl (C=O) groups excluding carboxylic acids is 2. The van der Waals surface area contributed by atoms with Crippen molar-refractivity contribution >= 4 is 45.2 Å². The molecule has 31 heavy (non-hydrogen) atoms. The maximum absolute atomic E-state index is 11.3. The van der Waals surface area contributed by atoms with Crippen LogP contribution in [0.4, 0.5) is 5.69 Å². The van der Waals surface area contributed by atoms with Crippen LogP contribution in [0.2, 0.25) is 0 Å². The van der Waals surface area contributed by atoms with Gasteiger partial charge in [-0.25, -0.2) is 9.59 Å². The van der Waals surface area contributed by atoms with E-state index >= 15 is 0 Å². The minimum absolute atomic E-state index is 0.200. The Bertz CT molecular complexity index is 1030. The smallest absolute Gasteiger partial charge is 0.373 e. The molecule has 0 aliphatic heterocycles. The van der Waals surface area contributed by atoms with Gasteiger partial charge in [-0.3, -0.25) is 0 Å². The van der Waals surface area contributed by atoms with E-state index in [0.717, 1.165) is 21.3 Å². The summed E-state index contributed by atoms with van der Waals surface area (Å²) in [4.78, 5) is 22.3. The van der Waals surface area contributed by atoms with Crippen LogP contribution < -0.4 is 5.32 Å². The van der Waals surface area contributed by atoms with Gasteiger partial charge >= 0.3 is 11.9 Å². The Labute approximate surface area is 193 Å². The first kappa shape index (κ1) is 24.6. The maximum Gasteiger partial charge on any atom is 0.373 e. The summed E-state index contributed by atoms with van der Waals surface area (Å²) in [6, 6.07) is 11.2. The van der Waals surface area contributed by atoms with E-state index in [0.29, 0.717) is 23.9 Å². The number of hydrogen-bond acceptors (Lipinski definition) is 7. The van der Waals surface area contributed by atoms with Crippen molar-refractivity contribution in [3.63, 3.8) is 0 Å². The number of aryl methyl sites for hydroxylation is 2. The van der Waals surface area contributed by atoms with Crippen LogP contribution in [-0.2, 0) is 21.9 Å². The first-order valence-electron chi connectivity index (χ1n) is 9.19. The Hall–Kier alpha value is -2.71. The summed E-state index contributed by atoms with van der Waals surface area (Å²) in [5, 5.41) is 3.27. The molecule has 0 atom stereocenters. The van der Waals surface area contributed by atoms with Crippen molar-refractivity contribution in [2.24, 2.45) is 0 Å². The fraction of sp³-hybridized carbons (Fsp3) is 0.273. The largest absolute Gasteiger partial charge is 0.463 e. The molecular formula is C22H23BrClNO6. The van der Waals surface area contributed by atoms with E-state index in [1.807, 2.05) is 31.2 Å². The minimum atomic E-state index is -0.477. The molecule has 3 rings (SSSR count). The average molecular weight is 513 g/mol. The maximum atomic E-state index is 11.3. The molecule has 166 valence electrons. The molecule has 0 aliphatic carbocycles. The quantitative estimate of drug-likeness (QED) is 0.326. The lowest BCUT2D eigenvalue weighted by atomic mass is 10.2. The molecule has 0 saturated carbocycles. The molecule has 0 bridgehead atoms. The molecule has 0 saturated heterocycles. The standard InChI is InChI=1S/C14H14BrNO3.C8H9ClO3/c1-9-10(7-13(19-9)14(17)18-2)8-16-12-5-3-11(15)4-6-12;1-5-6(4-9)3-7(12-5)8(10)11-2/h3-7,16H,8H2,1-2H3;3H,4H2,1-2H3. The van der Waals surface area contributed by atoms with Crippen molar-refractivity contribution in [1.29, 1.82) is 0 Å². The molecule has 7 nitrogen and oxygen atoms in total. The summed E-state index contributed by atoms with van der Waals surface area (Å²) in [5.41, 5.74) is 2.75. The zero-order valence-electron chi connectivity index (χ0n) is 17.6. The van der Waals surface area contributed by atoms with Gasteiger partial charge in [-0.05, 0) is 50.2 Å². The molecule has 0 fully saturated rings. The normalized spacial score (nSPS) is 10.1. The van der Waals surface area contributed by atoms with Crippen LogP contribution >= 0.6 is 27.5 Å². The Morgan fingerprint density at radius 3 is 1.87 bits per heavy atom. The van der Waals surface area contributed by atoms with E-state index in [4.69, 9.17) is 20.4 Å². The van der Waals surface area contributed by atoms with Crippen LogP contribution in [0.5, 0.6) is 0 Å². The predicted octanol–water partition coefficient (Wildman–Crippen LogP) is 5.86. The second-order valence-electron chi connectivity index (χ2n) is 6.36. The summed E-state index contributed by atoms with van der Waals surface area (Å²) >= 11 is 8.97. The van der Waals surface area contributed by atoms with Gasteiger partial charge in [0.15, 0.2) is 0 Å². The van der Waals surface area contributed by atoms with Gasteiger partial charge in [0, 0.05) is 27.8 Å². The third-order valence-corrected chi connectivity index (χ3v) is 5.10. The summed E-state index contributed by atoms with van der Waals surface area (Å²) < 4.78 is 20.6. The summed E-state index contributed by atoms with van der Waals surface area (Å²) in [7, 11) is 2.64. The highest BCUT2D eigenvalue weighted by molar-refractivity contribution is 9.10. The van der Waals surface area contributed by atoms with Crippen molar-refractivity contribution in [2.75, 3.05) is 19.5 Å². The fourth-order valence-corrected chi connectivity index (χ4v) is 3.04. The lowest BCUT2D eigenvalue weighted by Gasteiger charge is -2.05. The van der Waals surface area contributed by atoms with Gasteiger partial charge in [0.2, 0.25) is 11.5 Å². The number of anilines is 1. The van der Waals surface area contributed by atoms with Gasteiger partial charge in [-0.2, -0.15) is 0 Å². The van der Waals surface area contributed by atoms with E-state index in [-0.39, 0.29) is 11.5 Å². The molecular weight excluding hydrogens is 490 g/mol. The van der Waals surface area contributed by atoms with Gasteiger partial charge in [0.25, 0.3) is 0 Å². The number of esters is 2.